The smallest absolute Gasteiger partial charge is 0.102 e. The number of hydrogen-bond donors (Lipinski definition) is 1. The summed E-state index contributed by atoms with van der Waals surface area (Å²) in [6.45, 7) is 14.3. The molecule has 0 aromatic carbocycles. The Labute approximate surface area is 217 Å². The fraction of sp³-hybridized carbons (Fsp3) is 0.938. The van der Waals surface area contributed by atoms with E-state index in [9.17, 15) is 5.11 Å². The van der Waals surface area contributed by atoms with Gasteiger partial charge in [0.15, 0.2) is 0 Å². The number of fused-ring (bicyclic) bond motifs is 5. The third-order valence-corrected chi connectivity index (χ3v) is 11.4. The van der Waals surface area contributed by atoms with Gasteiger partial charge in [0.05, 0.1) is 40.0 Å². The van der Waals surface area contributed by atoms with Gasteiger partial charge in [0.1, 0.15) is 6.54 Å². The first-order valence-corrected chi connectivity index (χ1v) is 15.2. The molecule has 0 saturated heterocycles. The minimum atomic E-state index is -0.239. The SMILES string of the molecule is CC(C)CCC[C@@H](C)[C@H]1CC[C@H]2[C@@H]3CC=C4C[C@@H](O)CC(OCC[N+](C)(C)C)[C@]4(C)[C@H]3CC[C@]12C. The number of ether oxygens (including phenoxy) is 1. The fourth-order valence-corrected chi connectivity index (χ4v) is 9.41. The van der Waals surface area contributed by atoms with Crippen LogP contribution >= 0.6 is 0 Å². The summed E-state index contributed by atoms with van der Waals surface area (Å²) in [7, 11) is 6.72. The molecular weight excluding hydrogens is 430 g/mol. The summed E-state index contributed by atoms with van der Waals surface area (Å²) >= 11 is 0. The number of quaternary nitrogens is 1. The number of allylic oxidation sites excluding steroid dienone is 1. The second-order valence-corrected chi connectivity index (χ2v) is 15.1. The zero-order chi connectivity index (χ0) is 25.6. The van der Waals surface area contributed by atoms with Crippen molar-refractivity contribution in [3.8, 4) is 0 Å². The number of aliphatic hydroxyl groups excluding tert-OH is 1. The number of nitrogens with zero attached hydrogens (tertiary/aromatic N) is 1. The highest BCUT2D eigenvalue weighted by Gasteiger charge is 2.61. The second kappa shape index (κ2) is 10.4. The van der Waals surface area contributed by atoms with Crippen molar-refractivity contribution in [2.45, 2.75) is 111 Å². The third kappa shape index (κ3) is 5.44. The topological polar surface area (TPSA) is 29.5 Å². The normalized spacial score (nSPS) is 42.3. The minimum Gasteiger partial charge on any atom is -0.393 e. The van der Waals surface area contributed by atoms with Gasteiger partial charge >= 0.3 is 0 Å². The van der Waals surface area contributed by atoms with Crippen molar-refractivity contribution in [1.29, 1.82) is 0 Å². The number of rotatable bonds is 9. The molecule has 1 N–H and O–H groups in total. The molecule has 3 nitrogen and oxygen atoms in total. The quantitative estimate of drug-likeness (QED) is 0.277. The van der Waals surface area contributed by atoms with E-state index in [0.29, 0.717) is 5.41 Å². The molecule has 4 aliphatic carbocycles. The van der Waals surface area contributed by atoms with Crippen LogP contribution in [0.25, 0.3) is 0 Å². The van der Waals surface area contributed by atoms with Gasteiger partial charge in [0.25, 0.3) is 0 Å². The van der Waals surface area contributed by atoms with Crippen molar-refractivity contribution >= 4 is 0 Å². The van der Waals surface area contributed by atoms with Crippen molar-refractivity contribution in [2.24, 2.45) is 46.3 Å². The number of aliphatic hydroxyl groups is 1. The Morgan fingerprint density at radius 3 is 2.49 bits per heavy atom. The zero-order valence-electron chi connectivity index (χ0n) is 24.5. The van der Waals surface area contributed by atoms with Gasteiger partial charge < -0.3 is 14.3 Å². The van der Waals surface area contributed by atoms with Crippen LogP contribution in [0.1, 0.15) is 98.8 Å². The van der Waals surface area contributed by atoms with Crippen molar-refractivity contribution in [3.05, 3.63) is 11.6 Å². The van der Waals surface area contributed by atoms with Crippen LogP contribution in [-0.2, 0) is 4.74 Å². The highest BCUT2D eigenvalue weighted by Crippen LogP contribution is 2.67. The lowest BCUT2D eigenvalue weighted by molar-refractivity contribution is -0.870. The first-order chi connectivity index (χ1) is 16.4. The predicted octanol–water partition coefficient (Wildman–Crippen LogP) is 7.09. The molecule has 4 rings (SSSR count). The first kappa shape index (κ1) is 27.6. The molecule has 3 saturated carbocycles. The third-order valence-electron chi connectivity index (χ3n) is 11.4. The van der Waals surface area contributed by atoms with E-state index in [1.54, 1.807) is 0 Å². The van der Waals surface area contributed by atoms with Gasteiger partial charge in [-0.25, -0.2) is 0 Å². The van der Waals surface area contributed by atoms with Crippen molar-refractivity contribution in [2.75, 3.05) is 34.3 Å². The molecule has 0 aromatic rings. The van der Waals surface area contributed by atoms with Gasteiger partial charge in [-0.2, -0.15) is 0 Å². The summed E-state index contributed by atoms with van der Waals surface area (Å²) in [5.74, 6) is 4.99. The summed E-state index contributed by atoms with van der Waals surface area (Å²) in [5.41, 5.74) is 2.15. The molecule has 0 spiro atoms. The van der Waals surface area contributed by atoms with Crippen LogP contribution in [0.5, 0.6) is 0 Å². The van der Waals surface area contributed by atoms with Crippen LogP contribution in [0.2, 0.25) is 0 Å². The molecule has 0 heterocycles. The second-order valence-electron chi connectivity index (χ2n) is 15.1. The molecular formula is C32H58NO2+. The van der Waals surface area contributed by atoms with E-state index < -0.39 is 0 Å². The van der Waals surface area contributed by atoms with Gasteiger partial charge in [0.2, 0.25) is 0 Å². The van der Waals surface area contributed by atoms with Crippen molar-refractivity contribution in [1.82, 2.24) is 0 Å². The standard InChI is InChI=1S/C32H58NO2/c1-22(2)10-9-11-23(3)27-14-15-28-26-13-12-24-20-25(34)21-30(35-19-18-33(6,7)8)32(24,5)29(26)16-17-31(27,28)4/h12,22-23,25-30,34H,9-11,13-21H2,1-8H3/q+1/t23-,25-,26+,27-,28+,29+,30?,31-,32+/m1/s1. The first-order valence-electron chi connectivity index (χ1n) is 15.2. The summed E-state index contributed by atoms with van der Waals surface area (Å²) < 4.78 is 7.62. The summed E-state index contributed by atoms with van der Waals surface area (Å²) in [4.78, 5) is 0. The maximum Gasteiger partial charge on any atom is 0.102 e. The van der Waals surface area contributed by atoms with Gasteiger partial charge in [0, 0.05) is 11.8 Å². The Morgan fingerprint density at radius 2 is 1.80 bits per heavy atom. The van der Waals surface area contributed by atoms with Crippen LogP contribution in [0.15, 0.2) is 11.6 Å². The molecule has 0 aliphatic heterocycles. The van der Waals surface area contributed by atoms with Crippen LogP contribution in [0, 0.1) is 46.3 Å². The Hall–Kier alpha value is -0.380. The van der Waals surface area contributed by atoms with E-state index in [0.717, 1.165) is 66.0 Å². The van der Waals surface area contributed by atoms with E-state index >= 15 is 0 Å². The van der Waals surface area contributed by atoms with Gasteiger partial charge in [-0.1, -0.05) is 65.5 Å². The van der Waals surface area contributed by atoms with Crippen LogP contribution in [-0.4, -0.2) is 56.1 Å². The summed E-state index contributed by atoms with van der Waals surface area (Å²) in [6, 6.07) is 0. The molecule has 3 fully saturated rings. The van der Waals surface area contributed by atoms with Crippen molar-refractivity contribution in [3.63, 3.8) is 0 Å². The molecule has 4 aliphatic rings. The maximum atomic E-state index is 10.8. The molecule has 0 amide bonds. The fourth-order valence-electron chi connectivity index (χ4n) is 9.41. The maximum absolute atomic E-state index is 10.8. The Bertz CT molecular complexity index is 753. The number of likely N-dealkylation sites (N-methyl/N-ethyl adjacent to an activating group) is 1. The average Bonchev–Trinajstić information content (AvgIpc) is 3.10. The van der Waals surface area contributed by atoms with E-state index in [4.69, 9.17) is 4.74 Å². The molecule has 0 bridgehead atoms. The molecule has 0 aromatic heterocycles. The van der Waals surface area contributed by atoms with E-state index in [-0.39, 0.29) is 17.6 Å². The van der Waals surface area contributed by atoms with Gasteiger partial charge in [-0.05, 0) is 79.4 Å². The summed E-state index contributed by atoms with van der Waals surface area (Å²) in [6.07, 6.45) is 15.3. The zero-order valence-corrected chi connectivity index (χ0v) is 24.5. The molecule has 35 heavy (non-hydrogen) atoms. The van der Waals surface area contributed by atoms with Crippen LogP contribution < -0.4 is 0 Å². The average molecular weight is 489 g/mol. The molecule has 0 radical (unpaired) electrons. The van der Waals surface area contributed by atoms with Crippen molar-refractivity contribution < 1.29 is 14.3 Å². The minimum absolute atomic E-state index is 0.106. The molecule has 202 valence electrons. The highest BCUT2D eigenvalue weighted by atomic mass is 16.5. The number of hydrogen-bond acceptors (Lipinski definition) is 2. The summed E-state index contributed by atoms with van der Waals surface area (Å²) in [5, 5.41) is 10.8. The van der Waals surface area contributed by atoms with Gasteiger partial charge in [-0.3, -0.25) is 0 Å². The van der Waals surface area contributed by atoms with E-state index in [1.807, 2.05) is 0 Å². The molecule has 3 heteroatoms. The van der Waals surface area contributed by atoms with Crippen LogP contribution in [0.3, 0.4) is 0 Å². The monoisotopic (exact) mass is 488 g/mol. The largest absolute Gasteiger partial charge is 0.393 e. The lowest BCUT2D eigenvalue weighted by Gasteiger charge is -2.60. The van der Waals surface area contributed by atoms with Gasteiger partial charge in [-0.15, -0.1) is 0 Å². The Morgan fingerprint density at radius 1 is 1.06 bits per heavy atom. The van der Waals surface area contributed by atoms with E-state index in [2.05, 4.69) is 61.8 Å². The lowest BCUT2D eigenvalue weighted by Crippen LogP contribution is -2.56. The lowest BCUT2D eigenvalue weighted by atomic mass is 9.46. The Kier molecular flexibility index (Phi) is 8.22. The Balaban J connectivity index is 1.51. The van der Waals surface area contributed by atoms with Crippen LogP contribution in [0.4, 0.5) is 0 Å². The molecule has 9 atom stereocenters. The predicted molar refractivity (Wildman–Crippen MR) is 147 cm³/mol. The highest BCUT2D eigenvalue weighted by molar-refractivity contribution is 5.28. The molecule has 1 unspecified atom stereocenters. The van der Waals surface area contributed by atoms with E-state index in [1.165, 1.54) is 56.9 Å².